The molecule has 0 bridgehead atoms. The number of aliphatic hydroxyl groups is 1. The van der Waals surface area contributed by atoms with Gasteiger partial charge in [-0.3, -0.25) is 24.6 Å². The number of carbonyl (C=O) groups is 3. The van der Waals surface area contributed by atoms with E-state index in [1.807, 2.05) is 18.3 Å². The van der Waals surface area contributed by atoms with E-state index in [0.29, 0.717) is 25.1 Å². The largest absolute Gasteiger partial charge is 0.395 e. The van der Waals surface area contributed by atoms with Crippen LogP contribution in [0.4, 0.5) is 0 Å². The zero-order valence-electron chi connectivity index (χ0n) is 17.0. The smallest absolute Gasteiger partial charge is 0.255 e. The van der Waals surface area contributed by atoms with Crippen molar-refractivity contribution in [2.24, 2.45) is 0 Å². The van der Waals surface area contributed by atoms with Gasteiger partial charge in [-0.2, -0.15) is 0 Å². The Morgan fingerprint density at radius 2 is 2.06 bits per heavy atom. The van der Waals surface area contributed by atoms with Gasteiger partial charge in [0.15, 0.2) is 0 Å². The highest BCUT2D eigenvalue weighted by atomic mass is 16.3. The van der Waals surface area contributed by atoms with E-state index in [2.05, 4.69) is 20.5 Å². The van der Waals surface area contributed by atoms with Crippen molar-refractivity contribution in [2.45, 2.75) is 50.9 Å². The molecule has 1 aromatic carbocycles. The van der Waals surface area contributed by atoms with Crippen LogP contribution >= 0.6 is 0 Å². The van der Waals surface area contributed by atoms with Crippen LogP contribution in [0.5, 0.6) is 0 Å². The number of carbonyl (C=O) groups excluding carboxylic acids is 3. The number of imide groups is 1. The van der Waals surface area contributed by atoms with Crippen molar-refractivity contribution in [3.8, 4) is 5.69 Å². The number of aromatic nitrogens is 3. The van der Waals surface area contributed by atoms with Crippen LogP contribution in [-0.4, -0.2) is 72.9 Å². The minimum atomic E-state index is -0.626. The average Bonchev–Trinajstić information content (AvgIpc) is 3.48. The summed E-state index contributed by atoms with van der Waals surface area (Å²) in [4.78, 5) is 40.2. The van der Waals surface area contributed by atoms with Crippen LogP contribution in [0.25, 0.3) is 5.69 Å². The van der Waals surface area contributed by atoms with Gasteiger partial charge in [-0.1, -0.05) is 5.21 Å². The van der Waals surface area contributed by atoms with Crippen molar-refractivity contribution in [1.82, 2.24) is 30.1 Å². The van der Waals surface area contributed by atoms with Gasteiger partial charge in [0, 0.05) is 31.1 Å². The Hall–Kier alpha value is -3.11. The maximum Gasteiger partial charge on any atom is 0.255 e. The van der Waals surface area contributed by atoms with E-state index in [-0.39, 0.29) is 30.9 Å². The third kappa shape index (κ3) is 3.61. The first kappa shape index (κ1) is 19.8. The molecule has 3 amide bonds. The number of nitrogens with zero attached hydrogens (tertiary/aromatic N) is 5. The molecule has 2 saturated heterocycles. The number of aliphatic hydroxyl groups excluding tert-OH is 1. The highest BCUT2D eigenvalue weighted by Gasteiger charge is 2.39. The molecule has 10 heteroatoms. The lowest BCUT2D eigenvalue weighted by atomic mass is 10.0. The van der Waals surface area contributed by atoms with E-state index in [1.165, 1.54) is 4.90 Å². The van der Waals surface area contributed by atoms with E-state index in [9.17, 15) is 19.5 Å². The van der Waals surface area contributed by atoms with Crippen molar-refractivity contribution in [3.63, 3.8) is 0 Å². The average molecular weight is 424 g/mol. The normalized spacial score (nSPS) is 24.0. The lowest BCUT2D eigenvalue weighted by Crippen LogP contribution is -2.52. The number of hydrogen-bond acceptors (Lipinski definition) is 7. The molecule has 2 aromatic rings. The van der Waals surface area contributed by atoms with Crippen molar-refractivity contribution < 1.29 is 19.5 Å². The molecule has 10 nitrogen and oxygen atoms in total. The summed E-state index contributed by atoms with van der Waals surface area (Å²) in [6.45, 7) is 2.05. The second-order valence-corrected chi connectivity index (χ2v) is 8.34. The maximum atomic E-state index is 12.8. The molecule has 0 aliphatic carbocycles. The van der Waals surface area contributed by atoms with Crippen LogP contribution < -0.4 is 5.32 Å². The molecule has 0 saturated carbocycles. The van der Waals surface area contributed by atoms with Gasteiger partial charge in [-0.25, -0.2) is 4.68 Å². The van der Waals surface area contributed by atoms with Crippen LogP contribution in [-0.2, 0) is 22.7 Å². The van der Waals surface area contributed by atoms with E-state index < -0.39 is 11.9 Å². The summed E-state index contributed by atoms with van der Waals surface area (Å²) < 4.78 is 1.68. The molecular formula is C21H24N6O4. The van der Waals surface area contributed by atoms with Gasteiger partial charge in [0.25, 0.3) is 5.91 Å². The number of fused-ring (bicyclic) bond motifs is 1. The second-order valence-electron chi connectivity index (χ2n) is 8.34. The summed E-state index contributed by atoms with van der Waals surface area (Å²) >= 11 is 0. The Balaban J connectivity index is 1.32. The summed E-state index contributed by atoms with van der Waals surface area (Å²) in [5, 5.41) is 20.3. The summed E-state index contributed by atoms with van der Waals surface area (Å²) in [7, 11) is 0. The van der Waals surface area contributed by atoms with Crippen LogP contribution in [0.1, 0.15) is 47.3 Å². The fourth-order valence-electron chi connectivity index (χ4n) is 4.72. The number of likely N-dealkylation sites (tertiary alicyclic amines) is 1. The van der Waals surface area contributed by atoms with Crippen LogP contribution in [0.15, 0.2) is 24.4 Å². The molecule has 2 atom stereocenters. The zero-order chi connectivity index (χ0) is 21.5. The third-order valence-electron chi connectivity index (χ3n) is 6.39. The molecule has 162 valence electrons. The molecular weight excluding hydrogens is 400 g/mol. The summed E-state index contributed by atoms with van der Waals surface area (Å²) in [6, 6.07) is 5.01. The summed E-state index contributed by atoms with van der Waals surface area (Å²) in [5.74, 6) is -0.907. The molecule has 2 fully saturated rings. The first-order chi connectivity index (χ1) is 15.0. The van der Waals surface area contributed by atoms with Crippen LogP contribution in [0.2, 0.25) is 0 Å². The highest BCUT2D eigenvalue weighted by Crippen LogP contribution is 2.29. The molecule has 1 aromatic heterocycles. The molecule has 4 heterocycles. The molecule has 0 spiro atoms. The molecule has 3 aliphatic rings. The van der Waals surface area contributed by atoms with Crippen LogP contribution in [0, 0.1) is 0 Å². The van der Waals surface area contributed by atoms with Crippen LogP contribution in [0.3, 0.4) is 0 Å². The maximum absolute atomic E-state index is 12.8. The van der Waals surface area contributed by atoms with E-state index in [4.69, 9.17) is 0 Å². The van der Waals surface area contributed by atoms with Crippen molar-refractivity contribution in [1.29, 1.82) is 0 Å². The number of rotatable bonds is 5. The van der Waals surface area contributed by atoms with E-state index >= 15 is 0 Å². The van der Waals surface area contributed by atoms with Gasteiger partial charge in [-0.15, -0.1) is 5.10 Å². The minimum Gasteiger partial charge on any atom is -0.395 e. The SMILES string of the molecule is O=C1CCC(N2Cc3cc(-n4cc(CN5CCCC5CO)nn4)ccc3C2=O)C(=O)N1. The Morgan fingerprint density at radius 3 is 2.87 bits per heavy atom. The lowest BCUT2D eigenvalue weighted by Gasteiger charge is -2.29. The summed E-state index contributed by atoms with van der Waals surface area (Å²) in [6.07, 6.45) is 4.50. The Kier molecular flexibility index (Phi) is 5.03. The number of amides is 3. The Labute approximate surface area is 178 Å². The van der Waals surface area contributed by atoms with Gasteiger partial charge in [0.05, 0.1) is 24.2 Å². The zero-order valence-corrected chi connectivity index (χ0v) is 17.0. The lowest BCUT2D eigenvalue weighted by molar-refractivity contribution is -0.136. The number of hydrogen-bond donors (Lipinski definition) is 2. The summed E-state index contributed by atoms with van der Waals surface area (Å²) in [5.41, 5.74) is 3.00. The fraction of sp³-hybridized carbons (Fsp3) is 0.476. The van der Waals surface area contributed by atoms with Crippen molar-refractivity contribution in [3.05, 3.63) is 41.2 Å². The Bertz CT molecular complexity index is 1050. The highest BCUT2D eigenvalue weighted by molar-refractivity contribution is 6.05. The van der Waals surface area contributed by atoms with E-state index in [0.717, 1.165) is 36.3 Å². The number of nitrogens with one attached hydrogen (secondary N) is 1. The molecule has 3 aliphatic heterocycles. The predicted molar refractivity (Wildman–Crippen MR) is 108 cm³/mol. The minimum absolute atomic E-state index is 0.149. The van der Waals surface area contributed by atoms with E-state index in [1.54, 1.807) is 10.7 Å². The Morgan fingerprint density at radius 1 is 1.19 bits per heavy atom. The van der Waals surface area contributed by atoms with Crippen molar-refractivity contribution in [2.75, 3.05) is 13.2 Å². The number of piperidine rings is 1. The molecule has 2 unspecified atom stereocenters. The van der Waals surface area contributed by atoms with Gasteiger partial charge in [0.1, 0.15) is 6.04 Å². The molecule has 2 N–H and O–H groups in total. The van der Waals surface area contributed by atoms with Gasteiger partial charge < -0.3 is 10.0 Å². The molecule has 31 heavy (non-hydrogen) atoms. The van der Waals surface area contributed by atoms with Gasteiger partial charge >= 0.3 is 0 Å². The second kappa shape index (κ2) is 7.86. The predicted octanol–water partition coefficient (Wildman–Crippen LogP) is -0.0150. The first-order valence-corrected chi connectivity index (χ1v) is 10.6. The van der Waals surface area contributed by atoms with Gasteiger partial charge in [0.2, 0.25) is 11.8 Å². The quantitative estimate of drug-likeness (QED) is 0.648. The number of benzene rings is 1. The monoisotopic (exact) mass is 424 g/mol. The molecule has 0 radical (unpaired) electrons. The van der Waals surface area contributed by atoms with Crippen molar-refractivity contribution >= 4 is 17.7 Å². The first-order valence-electron chi connectivity index (χ1n) is 10.6. The topological polar surface area (TPSA) is 121 Å². The standard InChI is InChI=1S/C21H24N6O4/c28-12-16-2-1-7-25(16)10-14-11-27(24-23-14)15-3-4-17-13(8-15)9-26(21(17)31)18-5-6-19(29)22-20(18)30/h3-4,8,11,16,18,28H,1-2,5-7,9-10,12H2,(H,22,29,30). The molecule has 5 rings (SSSR count). The fourth-order valence-corrected chi connectivity index (χ4v) is 4.72. The van der Waals surface area contributed by atoms with Gasteiger partial charge in [-0.05, 0) is 49.6 Å². The third-order valence-corrected chi connectivity index (χ3v) is 6.39.